The highest BCUT2D eigenvalue weighted by Gasteiger charge is 2.09. The van der Waals surface area contributed by atoms with Gasteiger partial charge in [-0.2, -0.15) is 0 Å². The van der Waals surface area contributed by atoms with Gasteiger partial charge in [0.05, 0.1) is 17.8 Å². The number of aromatic nitrogens is 2. The van der Waals surface area contributed by atoms with Gasteiger partial charge >= 0.3 is 0 Å². The lowest BCUT2D eigenvalue weighted by Crippen LogP contribution is -1.95. The van der Waals surface area contributed by atoms with Gasteiger partial charge in [0, 0.05) is 12.3 Å². The molecule has 2 heterocycles. The van der Waals surface area contributed by atoms with Crippen LogP contribution in [-0.4, -0.2) is 17.1 Å². The molecule has 6 heteroatoms. The summed E-state index contributed by atoms with van der Waals surface area (Å²) in [6.07, 6.45) is 1.67. The SMILES string of the molecule is COc1ccc(N)c(Sc2ncccc2Cl)n1. The maximum atomic E-state index is 6.02. The lowest BCUT2D eigenvalue weighted by Gasteiger charge is -2.06. The van der Waals surface area contributed by atoms with Crippen LogP contribution in [0.3, 0.4) is 0 Å². The van der Waals surface area contributed by atoms with Gasteiger partial charge in [-0.25, -0.2) is 9.97 Å². The third-order valence-electron chi connectivity index (χ3n) is 1.99. The van der Waals surface area contributed by atoms with Crippen LogP contribution >= 0.6 is 23.4 Å². The summed E-state index contributed by atoms with van der Waals surface area (Å²) in [6.45, 7) is 0. The normalized spacial score (nSPS) is 10.2. The van der Waals surface area contributed by atoms with Crippen molar-refractivity contribution < 1.29 is 4.74 Å². The third kappa shape index (κ3) is 2.81. The Morgan fingerprint density at radius 2 is 2.12 bits per heavy atom. The molecule has 0 aliphatic rings. The van der Waals surface area contributed by atoms with Crippen LogP contribution in [0.15, 0.2) is 40.5 Å². The van der Waals surface area contributed by atoms with Crippen molar-refractivity contribution in [1.29, 1.82) is 0 Å². The molecule has 88 valence electrons. The quantitative estimate of drug-likeness (QED) is 0.927. The van der Waals surface area contributed by atoms with Crippen molar-refractivity contribution in [3.8, 4) is 5.88 Å². The van der Waals surface area contributed by atoms with Crippen molar-refractivity contribution in [3.05, 3.63) is 35.5 Å². The van der Waals surface area contributed by atoms with Crippen LogP contribution in [0.1, 0.15) is 0 Å². The average Bonchev–Trinajstić information content (AvgIpc) is 2.35. The Bertz CT molecular complexity index is 536. The minimum atomic E-state index is 0.508. The number of hydrogen-bond donors (Lipinski definition) is 1. The number of hydrogen-bond acceptors (Lipinski definition) is 5. The summed E-state index contributed by atoms with van der Waals surface area (Å²) in [5.41, 5.74) is 6.40. The molecule has 17 heavy (non-hydrogen) atoms. The molecule has 0 aliphatic heterocycles. The summed E-state index contributed by atoms with van der Waals surface area (Å²) in [5, 5.41) is 1.87. The molecular formula is C11H10ClN3OS. The van der Waals surface area contributed by atoms with E-state index in [1.165, 1.54) is 11.8 Å². The van der Waals surface area contributed by atoms with Crippen molar-refractivity contribution in [2.24, 2.45) is 0 Å². The van der Waals surface area contributed by atoms with Gasteiger partial charge in [-0.1, -0.05) is 11.6 Å². The fraction of sp³-hybridized carbons (Fsp3) is 0.0909. The highest BCUT2D eigenvalue weighted by atomic mass is 35.5. The number of anilines is 1. The molecule has 0 saturated carbocycles. The van der Waals surface area contributed by atoms with Crippen molar-refractivity contribution >= 4 is 29.1 Å². The molecular weight excluding hydrogens is 258 g/mol. The van der Waals surface area contributed by atoms with Gasteiger partial charge in [0.25, 0.3) is 0 Å². The van der Waals surface area contributed by atoms with Crippen molar-refractivity contribution in [3.63, 3.8) is 0 Å². The van der Waals surface area contributed by atoms with Crippen molar-refractivity contribution in [1.82, 2.24) is 9.97 Å². The highest BCUT2D eigenvalue weighted by molar-refractivity contribution is 7.99. The third-order valence-corrected chi connectivity index (χ3v) is 3.45. The number of rotatable bonds is 3. The van der Waals surface area contributed by atoms with Gasteiger partial charge in [-0.3, -0.25) is 0 Å². The predicted molar refractivity (Wildman–Crippen MR) is 68.6 cm³/mol. The zero-order valence-corrected chi connectivity index (χ0v) is 10.6. The maximum absolute atomic E-state index is 6.02. The first kappa shape index (κ1) is 12.0. The van der Waals surface area contributed by atoms with Crippen LogP contribution < -0.4 is 10.5 Å². The lowest BCUT2D eigenvalue weighted by atomic mass is 10.4. The Labute approximate surface area is 108 Å². The van der Waals surface area contributed by atoms with Crippen LogP contribution in [-0.2, 0) is 0 Å². The van der Waals surface area contributed by atoms with E-state index in [9.17, 15) is 0 Å². The first-order chi connectivity index (χ1) is 8.20. The second-order valence-corrected chi connectivity index (χ2v) is 4.53. The molecule has 4 nitrogen and oxygen atoms in total. The first-order valence-corrected chi connectivity index (χ1v) is 5.99. The van der Waals surface area contributed by atoms with Crippen LogP contribution in [0.2, 0.25) is 5.02 Å². The number of ether oxygens (including phenoxy) is 1. The summed E-state index contributed by atoms with van der Waals surface area (Å²) in [7, 11) is 1.56. The summed E-state index contributed by atoms with van der Waals surface area (Å²) in [6, 6.07) is 6.99. The molecule has 2 rings (SSSR count). The summed E-state index contributed by atoms with van der Waals surface area (Å²) >= 11 is 7.33. The van der Waals surface area contributed by atoms with Crippen LogP contribution in [0.5, 0.6) is 5.88 Å². The number of pyridine rings is 2. The average molecular weight is 268 g/mol. The van der Waals surface area contributed by atoms with E-state index in [4.69, 9.17) is 22.1 Å². The van der Waals surface area contributed by atoms with Gasteiger partial charge in [0.1, 0.15) is 10.1 Å². The Morgan fingerprint density at radius 1 is 1.29 bits per heavy atom. The first-order valence-electron chi connectivity index (χ1n) is 4.79. The number of halogens is 1. The number of nitrogens with two attached hydrogens (primary N) is 1. The largest absolute Gasteiger partial charge is 0.481 e. The minimum absolute atomic E-state index is 0.508. The van der Waals surface area contributed by atoms with Crippen molar-refractivity contribution in [2.75, 3.05) is 12.8 Å². The zero-order chi connectivity index (χ0) is 12.3. The van der Waals surface area contributed by atoms with Crippen LogP contribution in [0, 0.1) is 0 Å². The number of methoxy groups -OCH3 is 1. The second kappa shape index (κ2) is 5.25. The van der Waals surface area contributed by atoms with E-state index in [0.29, 0.717) is 26.6 Å². The van der Waals surface area contributed by atoms with Gasteiger partial charge in [-0.15, -0.1) is 0 Å². The summed E-state index contributed by atoms with van der Waals surface area (Å²) in [4.78, 5) is 8.41. The molecule has 0 spiro atoms. The summed E-state index contributed by atoms with van der Waals surface area (Å²) in [5.74, 6) is 0.508. The summed E-state index contributed by atoms with van der Waals surface area (Å²) < 4.78 is 5.04. The van der Waals surface area contributed by atoms with E-state index in [-0.39, 0.29) is 0 Å². The smallest absolute Gasteiger partial charge is 0.214 e. The van der Waals surface area contributed by atoms with E-state index >= 15 is 0 Å². The molecule has 0 amide bonds. The Morgan fingerprint density at radius 3 is 2.82 bits per heavy atom. The molecule has 2 aromatic rings. The molecule has 0 unspecified atom stereocenters. The molecule has 2 N–H and O–H groups in total. The molecule has 0 aromatic carbocycles. The number of nitrogens with zero attached hydrogens (tertiary/aromatic N) is 2. The molecule has 2 aromatic heterocycles. The fourth-order valence-electron chi connectivity index (χ4n) is 1.17. The van der Waals surface area contributed by atoms with Gasteiger partial charge < -0.3 is 10.5 Å². The van der Waals surface area contributed by atoms with E-state index < -0.39 is 0 Å². The Balaban J connectivity index is 2.32. The second-order valence-electron chi connectivity index (χ2n) is 3.14. The van der Waals surface area contributed by atoms with E-state index in [1.54, 1.807) is 37.6 Å². The van der Waals surface area contributed by atoms with E-state index in [1.807, 2.05) is 0 Å². The van der Waals surface area contributed by atoms with E-state index in [0.717, 1.165) is 0 Å². The molecule has 0 radical (unpaired) electrons. The van der Waals surface area contributed by atoms with Crippen molar-refractivity contribution in [2.45, 2.75) is 10.1 Å². The van der Waals surface area contributed by atoms with Crippen LogP contribution in [0.4, 0.5) is 5.69 Å². The molecule has 0 bridgehead atoms. The Hall–Kier alpha value is -1.46. The Kier molecular flexibility index (Phi) is 3.71. The minimum Gasteiger partial charge on any atom is -0.481 e. The van der Waals surface area contributed by atoms with Gasteiger partial charge in [0.2, 0.25) is 5.88 Å². The fourth-order valence-corrected chi connectivity index (χ4v) is 2.19. The van der Waals surface area contributed by atoms with E-state index in [2.05, 4.69) is 9.97 Å². The number of nitrogen functional groups attached to an aromatic ring is 1. The molecule has 0 aliphatic carbocycles. The molecule has 0 atom stereocenters. The maximum Gasteiger partial charge on any atom is 0.214 e. The topological polar surface area (TPSA) is 61.0 Å². The zero-order valence-electron chi connectivity index (χ0n) is 9.05. The monoisotopic (exact) mass is 267 g/mol. The lowest BCUT2D eigenvalue weighted by molar-refractivity contribution is 0.395. The highest BCUT2D eigenvalue weighted by Crippen LogP contribution is 2.34. The molecule has 0 fully saturated rings. The van der Waals surface area contributed by atoms with Gasteiger partial charge in [0.15, 0.2) is 0 Å². The molecule has 0 saturated heterocycles. The standard InChI is InChI=1S/C11H10ClN3OS/c1-16-9-5-4-8(13)11(15-9)17-10-7(12)3-2-6-14-10/h2-6H,13H2,1H3. The predicted octanol–water partition coefficient (Wildman–Crippen LogP) is 2.87. The van der Waals surface area contributed by atoms with Crippen LogP contribution in [0.25, 0.3) is 0 Å². The van der Waals surface area contributed by atoms with Gasteiger partial charge in [-0.05, 0) is 30.0 Å².